The standard InChI is InChI=1S/C20H18N2O2S2/c1-14-6-5-9-16(12-14)21-18(23)10-11-22-19(24)17(26-20(22)25)13-15-7-3-2-4-8-15/h2-9,12-13H,10-11H2,1H3,(H,21,23). The minimum atomic E-state index is -0.146. The molecular weight excluding hydrogens is 364 g/mol. The minimum Gasteiger partial charge on any atom is -0.326 e. The topological polar surface area (TPSA) is 49.4 Å². The predicted molar refractivity (Wildman–Crippen MR) is 111 cm³/mol. The summed E-state index contributed by atoms with van der Waals surface area (Å²) < 4.78 is 0.487. The predicted octanol–water partition coefficient (Wildman–Crippen LogP) is 4.23. The van der Waals surface area contributed by atoms with Crippen LogP contribution in [-0.4, -0.2) is 27.6 Å². The molecule has 1 saturated heterocycles. The summed E-state index contributed by atoms with van der Waals surface area (Å²) >= 11 is 6.58. The van der Waals surface area contributed by atoms with Gasteiger partial charge in [0.1, 0.15) is 4.32 Å². The second-order valence-corrected chi connectivity index (χ2v) is 7.59. The van der Waals surface area contributed by atoms with Crippen molar-refractivity contribution in [2.45, 2.75) is 13.3 Å². The first-order valence-corrected chi connectivity index (χ1v) is 9.42. The fourth-order valence-corrected chi connectivity index (χ4v) is 3.86. The van der Waals surface area contributed by atoms with Gasteiger partial charge in [-0.05, 0) is 36.3 Å². The number of benzene rings is 2. The fraction of sp³-hybridized carbons (Fsp3) is 0.150. The highest BCUT2D eigenvalue weighted by atomic mass is 32.2. The van der Waals surface area contributed by atoms with Crippen molar-refractivity contribution < 1.29 is 9.59 Å². The number of nitrogens with one attached hydrogen (secondary N) is 1. The third kappa shape index (κ3) is 4.59. The van der Waals surface area contributed by atoms with Gasteiger partial charge in [0.15, 0.2) is 0 Å². The molecule has 0 aromatic heterocycles. The molecule has 26 heavy (non-hydrogen) atoms. The van der Waals surface area contributed by atoms with Crippen molar-refractivity contribution in [2.75, 3.05) is 11.9 Å². The number of carbonyl (C=O) groups excluding carboxylic acids is 2. The van der Waals surface area contributed by atoms with E-state index in [0.717, 1.165) is 16.8 Å². The average molecular weight is 383 g/mol. The number of carbonyl (C=O) groups is 2. The monoisotopic (exact) mass is 382 g/mol. The summed E-state index contributed by atoms with van der Waals surface area (Å²) in [7, 11) is 0. The number of thioether (sulfide) groups is 1. The number of amides is 2. The summed E-state index contributed by atoms with van der Waals surface area (Å²) in [6.45, 7) is 2.24. The molecule has 3 rings (SSSR count). The molecule has 132 valence electrons. The molecule has 0 unspecified atom stereocenters. The second kappa shape index (κ2) is 8.29. The van der Waals surface area contributed by atoms with Gasteiger partial charge in [-0.15, -0.1) is 0 Å². The van der Waals surface area contributed by atoms with Gasteiger partial charge in [0, 0.05) is 18.7 Å². The van der Waals surface area contributed by atoms with Crippen molar-refractivity contribution in [1.29, 1.82) is 0 Å². The number of thiocarbonyl (C=S) groups is 1. The quantitative estimate of drug-likeness (QED) is 0.621. The van der Waals surface area contributed by atoms with E-state index in [2.05, 4.69) is 5.32 Å². The summed E-state index contributed by atoms with van der Waals surface area (Å²) in [4.78, 5) is 26.8. The van der Waals surface area contributed by atoms with E-state index in [-0.39, 0.29) is 24.8 Å². The maximum Gasteiger partial charge on any atom is 0.266 e. The van der Waals surface area contributed by atoms with Crippen LogP contribution in [0.3, 0.4) is 0 Å². The van der Waals surface area contributed by atoms with Crippen LogP contribution in [0.15, 0.2) is 59.5 Å². The Morgan fingerprint density at radius 2 is 1.96 bits per heavy atom. The molecule has 6 heteroatoms. The number of aryl methyl sites for hydroxylation is 1. The molecule has 0 bridgehead atoms. The van der Waals surface area contributed by atoms with E-state index in [1.54, 1.807) is 0 Å². The van der Waals surface area contributed by atoms with E-state index >= 15 is 0 Å². The van der Waals surface area contributed by atoms with Crippen molar-refractivity contribution in [3.8, 4) is 0 Å². The zero-order valence-electron chi connectivity index (χ0n) is 14.3. The van der Waals surface area contributed by atoms with E-state index < -0.39 is 0 Å². The van der Waals surface area contributed by atoms with Gasteiger partial charge >= 0.3 is 0 Å². The van der Waals surface area contributed by atoms with Crippen LogP contribution < -0.4 is 5.32 Å². The molecule has 1 fully saturated rings. The third-order valence-corrected chi connectivity index (χ3v) is 5.21. The zero-order valence-corrected chi connectivity index (χ0v) is 15.9. The van der Waals surface area contributed by atoms with Crippen molar-refractivity contribution >= 4 is 51.9 Å². The Morgan fingerprint density at radius 3 is 2.69 bits per heavy atom. The van der Waals surface area contributed by atoms with Gasteiger partial charge < -0.3 is 5.32 Å². The van der Waals surface area contributed by atoms with Crippen LogP contribution in [-0.2, 0) is 9.59 Å². The summed E-state index contributed by atoms with van der Waals surface area (Å²) in [6.07, 6.45) is 2.02. The molecule has 4 nitrogen and oxygen atoms in total. The molecule has 1 aliphatic heterocycles. The summed E-state index contributed by atoms with van der Waals surface area (Å²) in [6, 6.07) is 17.2. The van der Waals surface area contributed by atoms with Gasteiger partial charge in [0.2, 0.25) is 5.91 Å². The maximum atomic E-state index is 12.6. The molecule has 1 heterocycles. The molecule has 0 saturated carbocycles. The van der Waals surface area contributed by atoms with E-state index in [0.29, 0.717) is 9.23 Å². The van der Waals surface area contributed by atoms with Gasteiger partial charge in [0.05, 0.1) is 4.91 Å². The Morgan fingerprint density at radius 1 is 1.19 bits per heavy atom. The summed E-state index contributed by atoms with van der Waals surface area (Å²) in [5.74, 6) is -0.288. The number of hydrogen-bond acceptors (Lipinski definition) is 4. The average Bonchev–Trinajstić information content (AvgIpc) is 2.87. The van der Waals surface area contributed by atoms with Crippen LogP contribution in [0.5, 0.6) is 0 Å². The van der Waals surface area contributed by atoms with Crippen molar-refractivity contribution in [3.63, 3.8) is 0 Å². The summed E-state index contributed by atoms with van der Waals surface area (Å²) in [5, 5.41) is 2.85. The van der Waals surface area contributed by atoms with Crippen molar-refractivity contribution in [1.82, 2.24) is 4.90 Å². The summed E-state index contributed by atoms with van der Waals surface area (Å²) in [5.41, 5.74) is 2.78. The van der Waals surface area contributed by atoms with Crippen LogP contribution in [0.2, 0.25) is 0 Å². The van der Waals surface area contributed by atoms with Crippen LogP contribution in [0.25, 0.3) is 6.08 Å². The first-order valence-electron chi connectivity index (χ1n) is 8.20. The molecule has 2 aromatic carbocycles. The lowest BCUT2D eigenvalue weighted by Gasteiger charge is -2.14. The first kappa shape index (κ1) is 18.4. The van der Waals surface area contributed by atoms with Gasteiger partial charge in [-0.25, -0.2) is 0 Å². The Bertz CT molecular complexity index is 878. The second-order valence-electron chi connectivity index (χ2n) is 5.91. The van der Waals surface area contributed by atoms with Crippen LogP contribution in [0, 0.1) is 6.92 Å². The lowest BCUT2D eigenvalue weighted by atomic mass is 10.2. The Hall–Kier alpha value is -2.44. The normalized spacial score (nSPS) is 15.6. The largest absolute Gasteiger partial charge is 0.326 e. The van der Waals surface area contributed by atoms with Crippen molar-refractivity contribution in [3.05, 3.63) is 70.6 Å². The van der Waals surface area contributed by atoms with Crippen LogP contribution in [0.4, 0.5) is 5.69 Å². The maximum absolute atomic E-state index is 12.6. The lowest BCUT2D eigenvalue weighted by molar-refractivity contribution is -0.122. The molecule has 0 aliphatic carbocycles. The van der Waals surface area contributed by atoms with Gasteiger partial charge in [0.25, 0.3) is 5.91 Å². The molecule has 2 amide bonds. The molecule has 2 aromatic rings. The third-order valence-electron chi connectivity index (χ3n) is 3.84. The molecule has 1 aliphatic rings. The highest BCUT2D eigenvalue weighted by Crippen LogP contribution is 2.32. The van der Waals surface area contributed by atoms with Crippen molar-refractivity contribution in [2.24, 2.45) is 0 Å². The first-order chi connectivity index (χ1) is 12.5. The number of nitrogens with zero attached hydrogens (tertiary/aromatic N) is 1. The van der Waals surface area contributed by atoms with Crippen LogP contribution >= 0.6 is 24.0 Å². The van der Waals surface area contributed by atoms with Crippen LogP contribution in [0.1, 0.15) is 17.5 Å². The highest BCUT2D eigenvalue weighted by molar-refractivity contribution is 8.26. The van der Waals surface area contributed by atoms with Gasteiger partial charge in [-0.2, -0.15) is 0 Å². The highest BCUT2D eigenvalue weighted by Gasteiger charge is 2.32. The zero-order chi connectivity index (χ0) is 18.5. The number of hydrogen-bond donors (Lipinski definition) is 1. The van der Waals surface area contributed by atoms with E-state index in [9.17, 15) is 9.59 Å². The fourth-order valence-electron chi connectivity index (χ4n) is 2.55. The van der Waals surface area contributed by atoms with Gasteiger partial charge in [-0.1, -0.05) is 66.4 Å². The molecule has 0 radical (unpaired) electrons. The molecule has 1 N–H and O–H groups in total. The molecule has 0 atom stereocenters. The van der Waals surface area contributed by atoms with E-state index in [4.69, 9.17) is 12.2 Å². The Labute approximate surface area is 162 Å². The molecular formula is C20H18N2O2S2. The lowest BCUT2D eigenvalue weighted by Crippen LogP contribution is -2.31. The Balaban J connectivity index is 1.59. The smallest absolute Gasteiger partial charge is 0.266 e. The minimum absolute atomic E-state index is 0.142. The number of rotatable bonds is 5. The van der Waals surface area contributed by atoms with Gasteiger partial charge in [-0.3, -0.25) is 14.5 Å². The number of anilines is 1. The Kier molecular flexibility index (Phi) is 5.85. The van der Waals surface area contributed by atoms with E-state index in [1.807, 2.05) is 67.6 Å². The van der Waals surface area contributed by atoms with E-state index in [1.165, 1.54) is 16.7 Å². The molecule has 0 spiro atoms. The SMILES string of the molecule is Cc1cccc(NC(=O)CCN2C(=O)C(=Cc3ccccc3)SC2=S)c1.